The van der Waals surface area contributed by atoms with Crippen LogP contribution in [-0.4, -0.2) is 31.1 Å². The minimum Gasteiger partial charge on any atom is -0.492 e. The summed E-state index contributed by atoms with van der Waals surface area (Å²) in [5, 5.41) is 3.40. The van der Waals surface area contributed by atoms with Gasteiger partial charge < -0.3 is 14.8 Å². The van der Waals surface area contributed by atoms with Crippen LogP contribution in [0.5, 0.6) is 5.75 Å². The molecule has 1 aromatic rings. The highest BCUT2D eigenvalue weighted by atomic mass is 35.5. The van der Waals surface area contributed by atoms with E-state index in [2.05, 4.69) is 5.32 Å². The summed E-state index contributed by atoms with van der Waals surface area (Å²) in [6.07, 6.45) is 0.499. The topological polar surface area (TPSA) is 64.6 Å². The highest BCUT2D eigenvalue weighted by molar-refractivity contribution is 6.30. The molecular formula is C17H22ClNO4. The molecule has 1 N–H and O–H groups in total. The molecule has 0 radical (unpaired) electrons. The molecule has 0 fully saturated rings. The SMILES string of the molecule is CC(C)[C@@H](C)NC(=O)COC(=O)[C@H]1COc2ccc(Cl)cc2C1. The minimum absolute atomic E-state index is 0.0354. The molecule has 1 amide bonds. The van der Waals surface area contributed by atoms with Crippen molar-refractivity contribution in [2.24, 2.45) is 11.8 Å². The van der Waals surface area contributed by atoms with Crippen molar-refractivity contribution in [3.05, 3.63) is 28.8 Å². The van der Waals surface area contributed by atoms with Gasteiger partial charge in [0.15, 0.2) is 6.61 Å². The zero-order chi connectivity index (χ0) is 17.0. The summed E-state index contributed by atoms with van der Waals surface area (Å²) in [7, 11) is 0. The molecule has 2 rings (SSSR count). The first-order chi connectivity index (χ1) is 10.9. The third-order valence-electron chi connectivity index (χ3n) is 4.00. The smallest absolute Gasteiger partial charge is 0.313 e. The Morgan fingerprint density at radius 1 is 1.39 bits per heavy atom. The van der Waals surface area contributed by atoms with Gasteiger partial charge in [-0.15, -0.1) is 0 Å². The van der Waals surface area contributed by atoms with Gasteiger partial charge in [-0.1, -0.05) is 25.4 Å². The Labute approximate surface area is 141 Å². The van der Waals surface area contributed by atoms with E-state index in [-0.39, 0.29) is 25.2 Å². The fourth-order valence-corrected chi connectivity index (χ4v) is 2.43. The fraction of sp³-hybridized carbons (Fsp3) is 0.529. The van der Waals surface area contributed by atoms with E-state index in [0.29, 0.717) is 17.4 Å². The van der Waals surface area contributed by atoms with E-state index in [1.165, 1.54) is 0 Å². The molecule has 0 aliphatic carbocycles. The van der Waals surface area contributed by atoms with Gasteiger partial charge in [0.25, 0.3) is 5.91 Å². The van der Waals surface area contributed by atoms with E-state index in [4.69, 9.17) is 21.1 Å². The van der Waals surface area contributed by atoms with Crippen LogP contribution in [0.15, 0.2) is 18.2 Å². The molecular weight excluding hydrogens is 318 g/mol. The summed E-state index contributed by atoms with van der Waals surface area (Å²) < 4.78 is 10.7. The zero-order valence-electron chi connectivity index (χ0n) is 13.6. The van der Waals surface area contributed by atoms with Gasteiger partial charge >= 0.3 is 5.97 Å². The molecule has 1 aliphatic heterocycles. The van der Waals surface area contributed by atoms with Crippen LogP contribution in [0.25, 0.3) is 0 Å². The fourth-order valence-electron chi connectivity index (χ4n) is 2.23. The third kappa shape index (κ3) is 4.86. The summed E-state index contributed by atoms with van der Waals surface area (Å²) in [6, 6.07) is 5.36. The Bertz CT molecular complexity index is 588. The molecule has 1 aromatic carbocycles. The molecule has 1 heterocycles. The highest BCUT2D eigenvalue weighted by Gasteiger charge is 2.28. The predicted molar refractivity (Wildman–Crippen MR) is 87.5 cm³/mol. The van der Waals surface area contributed by atoms with Crippen LogP contribution in [0.1, 0.15) is 26.3 Å². The van der Waals surface area contributed by atoms with Crippen LogP contribution in [0.2, 0.25) is 5.02 Å². The molecule has 6 heteroatoms. The first-order valence-electron chi connectivity index (χ1n) is 7.74. The Morgan fingerprint density at radius 3 is 2.83 bits per heavy atom. The monoisotopic (exact) mass is 339 g/mol. The maximum absolute atomic E-state index is 12.1. The molecule has 0 unspecified atom stereocenters. The van der Waals surface area contributed by atoms with Crippen molar-refractivity contribution in [2.75, 3.05) is 13.2 Å². The van der Waals surface area contributed by atoms with Crippen molar-refractivity contribution in [3.8, 4) is 5.75 Å². The molecule has 0 saturated heterocycles. The van der Waals surface area contributed by atoms with Gasteiger partial charge in [-0.05, 0) is 43.0 Å². The molecule has 126 valence electrons. The second kappa shape index (κ2) is 7.68. The van der Waals surface area contributed by atoms with Gasteiger partial charge in [-0.3, -0.25) is 9.59 Å². The van der Waals surface area contributed by atoms with E-state index in [9.17, 15) is 9.59 Å². The molecule has 0 spiro atoms. The van der Waals surface area contributed by atoms with Gasteiger partial charge in [0.05, 0.1) is 5.92 Å². The Kier molecular flexibility index (Phi) is 5.88. The number of carbonyl (C=O) groups excluding carboxylic acids is 2. The van der Waals surface area contributed by atoms with Gasteiger partial charge in [-0.2, -0.15) is 0 Å². The number of benzene rings is 1. The second-order valence-corrected chi connectivity index (χ2v) is 6.61. The van der Waals surface area contributed by atoms with Gasteiger partial charge in [0.2, 0.25) is 0 Å². The molecule has 0 saturated carbocycles. The van der Waals surface area contributed by atoms with Crippen LogP contribution in [-0.2, 0) is 20.7 Å². The standard InChI is InChI=1S/C17H22ClNO4/c1-10(2)11(3)19-16(20)9-23-17(21)13-6-12-7-14(18)4-5-15(12)22-8-13/h4-5,7,10-11,13H,6,8-9H2,1-3H3,(H,19,20)/t11-,13-/m1/s1. The lowest BCUT2D eigenvalue weighted by atomic mass is 9.97. The quantitative estimate of drug-likeness (QED) is 0.837. The van der Waals surface area contributed by atoms with E-state index in [1.807, 2.05) is 20.8 Å². The van der Waals surface area contributed by atoms with Crippen molar-refractivity contribution in [3.63, 3.8) is 0 Å². The number of halogens is 1. The second-order valence-electron chi connectivity index (χ2n) is 6.17. The Balaban J connectivity index is 1.84. The third-order valence-corrected chi connectivity index (χ3v) is 4.23. The number of ether oxygens (including phenoxy) is 2. The number of hydrogen-bond acceptors (Lipinski definition) is 4. The predicted octanol–water partition coefficient (Wildman–Crippen LogP) is 2.60. The summed E-state index contributed by atoms with van der Waals surface area (Å²) in [4.78, 5) is 23.9. The van der Waals surface area contributed by atoms with Crippen molar-refractivity contribution < 1.29 is 19.1 Å². The average Bonchev–Trinajstić information content (AvgIpc) is 2.51. The average molecular weight is 340 g/mol. The number of fused-ring (bicyclic) bond motifs is 1. The zero-order valence-corrected chi connectivity index (χ0v) is 14.4. The van der Waals surface area contributed by atoms with Crippen LogP contribution < -0.4 is 10.1 Å². The normalized spacial score (nSPS) is 17.9. The molecule has 0 aromatic heterocycles. The van der Waals surface area contributed by atoms with Crippen LogP contribution in [0.4, 0.5) is 0 Å². The summed E-state index contributed by atoms with van der Waals surface area (Å²) in [6.45, 7) is 5.92. The van der Waals surface area contributed by atoms with E-state index >= 15 is 0 Å². The van der Waals surface area contributed by atoms with Crippen LogP contribution in [0, 0.1) is 11.8 Å². The van der Waals surface area contributed by atoms with E-state index in [1.54, 1.807) is 18.2 Å². The minimum atomic E-state index is -0.428. The Morgan fingerprint density at radius 2 is 2.13 bits per heavy atom. The summed E-state index contributed by atoms with van der Waals surface area (Å²) >= 11 is 5.96. The molecule has 5 nitrogen and oxygen atoms in total. The van der Waals surface area contributed by atoms with Gasteiger partial charge in [0.1, 0.15) is 12.4 Å². The largest absolute Gasteiger partial charge is 0.492 e. The van der Waals surface area contributed by atoms with Crippen molar-refractivity contribution >= 4 is 23.5 Å². The number of amides is 1. The van der Waals surface area contributed by atoms with Crippen molar-refractivity contribution in [1.29, 1.82) is 0 Å². The maximum atomic E-state index is 12.1. The van der Waals surface area contributed by atoms with Gasteiger partial charge in [0, 0.05) is 11.1 Å². The number of hydrogen-bond donors (Lipinski definition) is 1. The number of esters is 1. The van der Waals surface area contributed by atoms with Crippen LogP contribution in [0.3, 0.4) is 0 Å². The molecule has 0 bridgehead atoms. The maximum Gasteiger partial charge on any atom is 0.313 e. The lowest BCUT2D eigenvalue weighted by Crippen LogP contribution is -2.39. The highest BCUT2D eigenvalue weighted by Crippen LogP contribution is 2.30. The van der Waals surface area contributed by atoms with Gasteiger partial charge in [-0.25, -0.2) is 0 Å². The summed E-state index contributed by atoms with van der Waals surface area (Å²) in [5.41, 5.74) is 0.878. The van der Waals surface area contributed by atoms with E-state index in [0.717, 1.165) is 11.3 Å². The number of carbonyl (C=O) groups is 2. The van der Waals surface area contributed by atoms with Crippen molar-refractivity contribution in [1.82, 2.24) is 5.32 Å². The molecule has 23 heavy (non-hydrogen) atoms. The molecule has 1 aliphatic rings. The first-order valence-corrected chi connectivity index (χ1v) is 8.12. The summed E-state index contributed by atoms with van der Waals surface area (Å²) in [5.74, 6) is -0.0800. The molecule has 2 atom stereocenters. The van der Waals surface area contributed by atoms with E-state index < -0.39 is 11.9 Å². The lowest BCUT2D eigenvalue weighted by molar-refractivity contribution is -0.154. The first kappa shape index (κ1) is 17.6. The number of nitrogens with one attached hydrogen (secondary N) is 1. The van der Waals surface area contributed by atoms with Crippen molar-refractivity contribution in [2.45, 2.75) is 33.2 Å². The lowest BCUT2D eigenvalue weighted by Gasteiger charge is -2.24. The Hall–Kier alpha value is -1.75. The number of rotatable bonds is 5. The van der Waals surface area contributed by atoms with Crippen LogP contribution >= 0.6 is 11.6 Å².